The molecule has 5 aromatic rings. The lowest BCUT2D eigenvalue weighted by atomic mass is 9.94. The first kappa shape index (κ1) is 16.1. The van der Waals surface area contributed by atoms with Crippen molar-refractivity contribution in [1.29, 1.82) is 0 Å². The molecule has 4 aromatic heterocycles. The fraction of sp³-hybridized carbons (Fsp3) is 0.179. The van der Waals surface area contributed by atoms with Crippen molar-refractivity contribution < 1.29 is 18.7 Å². The minimum Gasteiger partial charge on any atom is -0.421 e. The monoisotopic (exact) mass is 485 g/mol. The van der Waals surface area contributed by atoms with E-state index in [-0.39, 0.29) is 34.1 Å². The Labute approximate surface area is 217 Å². The lowest BCUT2D eigenvalue weighted by molar-refractivity contribution is 0.410. The van der Waals surface area contributed by atoms with Crippen molar-refractivity contribution in [1.82, 2.24) is 29.5 Å². The van der Waals surface area contributed by atoms with E-state index in [1.807, 2.05) is 0 Å². The Kier molecular flexibility index (Phi) is 3.96. The van der Waals surface area contributed by atoms with Crippen molar-refractivity contribution in [2.24, 2.45) is 7.05 Å². The summed E-state index contributed by atoms with van der Waals surface area (Å²) in [6.45, 7) is -2.51. The van der Waals surface area contributed by atoms with Crippen molar-refractivity contribution in [3.63, 3.8) is 0 Å². The van der Waals surface area contributed by atoms with E-state index in [0.717, 1.165) is 6.07 Å². The highest BCUT2D eigenvalue weighted by atomic mass is 19.1. The maximum atomic E-state index is 15.6. The van der Waals surface area contributed by atoms with Crippen molar-refractivity contribution in [3.05, 3.63) is 77.0 Å². The normalized spacial score (nSPS) is 14.6. The molecule has 0 aliphatic heterocycles. The number of benzene rings is 1. The van der Waals surface area contributed by atoms with E-state index >= 15 is 4.39 Å². The van der Waals surface area contributed by atoms with Gasteiger partial charge in [0.25, 0.3) is 0 Å². The number of terminal acetylenes is 1. The standard InChI is InChI=1S/C28H23FN6O/c1-7-20-12-15(2)23(18(5)34-20)26-25(24-17(4)31-14-32-27(24)35(26)6)19-8-9-22(21(29)13-19)36-28-30-11-10-16(3)33-28/h1,8-14H,2-6H3/i2D3,5D3,12D. The van der Waals surface area contributed by atoms with Crippen LogP contribution in [0.2, 0.25) is 0 Å². The second-order valence-electron chi connectivity index (χ2n) is 8.00. The van der Waals surface area contributed by atoms with E-state index in [1.54, 1.807) is 27.0 Å². The first-order valence-electron chi connectivity index (χ1n) is 14.2. The van der Waals surface area contributed by atoms with Gasteiger partial charge in [-0.3, -0.25) is 0 Å². The molecule has 7 nitrogen and oxygen atoms in total. The molecule has 0 N–H and O–H groups in total. The van der Waals surface area contributed by atoms with Gasteiger partial charge < -0.3 is 9.30 Å². The van der Waals surface area contributed by atoms with E-state index in [1.165, 1.54) is 29.2 Å². The molecular weight excluding hydrogens is 455 g/mol. The van der Waals surface area contributed by atoms with Crippen LogP contribution in [0.15, 0.2) is 42.8 Å². The van der Waals surface area contributed by atoms with Crippen molar-refractivity contribution in [3.8, 4) is 46.5 Å². The highest BCUT2D eigenvalue weighted by molar-refractivity contribution is 6.05. The number of aryl methyl sites for hydroxylation is 4. The minimum atomic E-state index is -2.98. The molecule has 0 aliphatic rings. The van der Waals surface area contributed by atoms with Crippen LogP contribution in [0.4, 0.5) is 4.39 Å². The maximum absolute atomic E-state index is 15.6. The fourth-order valence-electron chi connectivity index (χ4n) is 4.08. The Bertz CT molecular complexity index is 1960. The van der Waals surface area contributed by atoms with Gasteiger partial charge in [-0.1, -0.05) is 12.0 Å². The zero-order valence-electron chi connectivity index (χ0n) is 26.5. The van der Waals surface area contributed by atoms with Gasteiger partial charge in [-0.05, 0) is 62.9 Å². The van der Waals surface area contributed by atoms with Crippen LogP contribution in [0.5, 0.6) is 11.8 Å². The number of hydrogen-bond donors (Lipinski definition) is 0. The molecule has 1 aromatic carbocycles. The molecule has 0 bridgehead atoms. The van der Waals surface area contributed by atoms with E-state index in [9.17, 15) is 0 Å². The van der Waals surface area contributed by atoms with Gasteiger partial charge in [-0.2, -0.15) is 0 Å². The molecule has 0 saturated carbocycles. The Morgan fingerprint density at radius 3 is 2.67 bits per heavy atom. The van der Waals surface area contributed by atoms with Crippen LogP contribution in [-0.4, -0.2) is 29.5 Å². The Hall–Kier alpha value is -4.64. The van der Waals surface area contributed by atoms with E-state index < -0.39 is 42.5 Å². The van der Waals surface area contributed by atoms with E-state index in [4.69, 9.17) is 20.8 Å². The minimum absolute atomic E-state index is 0.0375. The van der Waals surface area contributed by atoms with Crippen LogP contribution in [0.25, 0.3) is 33.4 Å². The fourth-order valence-corrected chi connectivity index (χ4v) is 4.08. The summed E-state index contributed by atoms with van der Waals surface area (Å²) in [6, 6.07) is 5.01. The number of nitrogens with zero attached hydrogens (tertiary/aromatic N) is 6. The van der Waals surface area contributed by atoms with E-state index in [2.05, 4.69) is 30.8 Å². The average molecular weight is 486 g/mol. The predicted octanol–water partition coefficient (Wildman–Crippen LogP) is 5.63. The first-order valence-corrected chi connectivity index (χ1v) is 10.7. The van der Waals surface area contributed by atoms with Gasteiger partial charge in [-0.25, -0.2) is 29.3 Å². The molecule has 0 aliphatic carbocycles. The van der Waals surface area contributed by atoms with Crippen LogP contribution < -0.4 is 4.74 Å². The molecule has 178 valence electrons. The third-order valence-electron chi connectivity index (χ3n) is 5.68. The van der Waals surface area contributed by atoms with Gasteiger partial charge in [-0.15, -0.1) is 6.42 Å². The van der Waals surface area contributed by atoms with Crippen LogP contribution in [0.3, 0.4) is 0 Å². The molecule has 0 radical (unpaired) electrons. The summed E-state index contributed by atoms with van der Waals surface area (Å²) in [7, 11) is 1.56. The largest absolute Gasteiger partial charge is 0.421 e. The predicted molar refractivity (Wildman–Crippen MR) is 136 cm³/mol. The lowest BCUT2D eigenvalue weighted by Gasteiger charge is -2.15. The molecule has 5 rings (SSSR count). The van der Waals surface area contributed by atoms with Crippen LogP contribution in [0.1, 0.15) is 37.9 Å². The highest BCUT2D eigenvalue weighted by Gasteiger charge is 2.25. The molecule has 0 fully saturated rings. The third kappa shape index (κ3) is 3.85. The molecule has 0 unspecified atom stereocenters. The molecule has 0 saturated heterocycles. The number of ether oxygens (including phenoxy) is 1. The van der Waals surface area contributed by atoms with E-state index in [0.29, 0.717) is 22.4 Å². The molecule has 4 heterocycles. The highest BCUT2D eigenvalue weighted by Crippen LogP contribution is 2.43. The quantitative estimate of drug-likeness (QED) is 0.307. The van der Waals surface area contributed by atoms with Crippen molar-refractivity contribution in [2.75, 3.05) is 0 Å². The Morgan fingerprint density at radius 1 is 1.08 bits per heavy atom. The number of fused-ring (bicyclic) bond motifs is 1. The number of pyridine rings is 1. The number of halogens is 1. The number of aromatic nitrogens is 6. The number of hydrogen-bond acceptors (Lipinski definition) is 6. The second-order valence-corrected chi connectivity index (χ2v) is 8.00. The molecular formula is C28H23FN6O. The SMILES string of the molecule is [2H]c1c(C#C)nc(C([2H])([2H])[2H])c(-c2c(-c3ccc(Oc4nccc(C)n4)c(F)c3)c3c(C)ncnc3n2C)c1C([2H])([2H])[2H]. The first-order chi connectivity index (χ1) is 20.1. The smallest absolute Gasteiger partial charge is 0.322 e. The van der Waals surface area contributed by atoms with Crippen molar-refractivity contribution >= 4 is 11.0 Å². The van der Waals surface area contributed by atoms with Gasteiger partial charge in [0.15, 0.2) is 11.6 Å². The van der Waals surface area contributed by atoms with Crippen molar-refractivity contribution in [2.45, 2.75) is 27.6 Å². The van der Waals surface area contributed by atoms with Crippen LogP contribution in [-0.2, 0) is 7.05 Å². The zero-order valence-corrected chi connectivity index (χ0v) is 19.5. The summed E-state index contributed by atoms with van der Waals surface area (Å²) in [4.78, 5) is 20.8. The second kappa shape index (κ2) is 8.86. The summed E-state index contributed by atoms with van der Waals surface area (Å²) < 4.78 is 80.9. The van der Waals surface area contributed by atoms with Gasteiger partial charge in [0.2, 0.25) is 0 Å². The van der Waals surface area contributed by atoms with Gasteiger partial charge in [0.1, 0.15) is 17.7 Å². The molecule has 0 atom stereocenters. The average Bonchev–Trinajstić information content (AvgIpc) is 3.21. The molecule has 8 heteroatoms. The van der Waals surface area contributed by atoms with Gasteiger partial charge >= 0.3 is 6.01 Å². The topological polar surface area (TPSA) is 78.6 Å². The Morgan fingerprint density at radius 2 is 1.94 bits per heavy atom. The summed E-state index contributed by atoms with van der Waals surface area (Å²) >= 11 is 0. The Balaban J connectivity index is 1.89. The lowest BCUT2D eigenvalue weighted by Crippen LogP contribution is -2.01. The third-order valence-corrected chi connectivity index (χ3v) is 5.68. The molecule has 0 amide bonds. The summed E-state index contributed by atoms with van der Waals surface area (Å²) in [6.07, 6.45) is 8.28. The summed E-state index contributed by atoms with van der Waals surface area (Å²) in [5, 5.41) is 0.413. The number of rotatable bonds is 4. The zero-order chi connectivity index (χ0) is 31.4. The van der Waals surface area contributed by atoms with Gasteiger partial charge in [0.05, 0.1) is 12.8 Å². The maximum Gasteiger partial charge on any atom is 0.322 e. The summed E-state index contributed by atoms with van der Waals surface area (Å²) in [5.41, 5.74) is -0.0908. The van der Waals surface area contributed by atoms with Crippen LogP contribution in [0, 0.1) is 45.7 Å². The summed E-state index contributed by atoms with van der Waals surface area (Å²) in [5.74, 6) is 1.16. The molecule has 0 spiro atoms. The van der Waals surface area contributed by atoms with Gasteiger partial charge in [0, 0.05) is 49.4 Å². The van der Waals surface area contributed by atoms with Crippen LogP contribution >= 0.6 is 0 Å². The molecule has 36 heavy (non-hydrogen) atoms.